The molecule has 0 bridgehead atoms. The first-order valence-corrected chi connectivity index (χ1v) is 6.17. The molecule has 0 saturated carbocycles. The van der Waals surface area contributed by atoms with Gasteiger partial charge in [-0.25, -0.2) is 0 Å². The molecule has 0 aliphatic rings. The Hall–Kier alpha value is -1.74. The minimum atomic E-state index is 0.368. The van der Waals surface area contributed by atoms with Gasteiger partial charge in [0, 0.05) is 6.42 Å². The van der Waals surface area contributed by atoms with Crippen molar-refractivity contribution in [1.29, 1.82) is 0 Å². The van der Waals surface area contributed by atoms with Gasteiger partial charge < -0.3 is 14.9 Å². The molecule has 0 aliphatic heterocycles. The summed E-state index contributed by atoms with van der Waals surface area (Å²) in [6, 6.07) is 12.0. The minimum absolute atomic E-state index is 0.368. The number of methoxy groups -OCH3 is 1. The molecule has 0 amide bonds. The van der Waals surface area contributed by atoms with Gasteiger partial charge in [-0.05, 0) is 42.6 Å². The highest BCUT2D eigenvalue weighted by molar-refractivity contribution is 5.33. The van der Waals surface area contributed by atoms with Crippen LogP contribution in [0.2, 0.25) is 0 Å². The van der Waals surface area contributed by atoms with Crippen molar-refractivity contribution >= 4 is 0 Å². The van der Waals surface area contributed by atoms with E-state index in [-0.39, 0.29) is 0 Å². The van der Waals surface area contributed by atoms with Crippen LogP contribution >= 0.6 is 0 Å². The van der Waals surface area contributed by atoms with Crippen LogP contribution in [0.4, 0.5) is 0 Å². The van der Waals surface area contributed by atoms with E-state index in [0.717, 1.165) is 24.4 Å². The average molecular weight is 245 g/mol. The van der Waals surface area contributed by atoms with Crippen LogP contribution in [-0.2, 0) is 12.8 Å². The van der Waals surface area contributed by atoms with Crippen molar-refractivity contribution in [1.82, 2.24) is 0 Å². The van der Waals surface area contributed by atoms with Gasteiger partial charge in [0.2, 0.25) is 0 Å². The maximum atomic E-state index is 5.85. The van der Waals surface area contributed by atoms with Crippen LogP contribution in [-0.4, -0.2) is 13.7 Å². The van der Waals surface area contributed by atoms with E-state index in [4.69, 9.17) is 14.9 Å². The first-order chi connectivity index (χ1) is 8.83. The zero-order valence-electron chi connectivity index (χ0n) is 10.6. The molecule has 0 fully saturated rings. The fourth-order valence-electron chi connectivity index (χ4n) is 2.13. The maximum Gasteiger partial charge on any atom is 0.122 e. The quantitative estimate of drug-likeness (QED) is 0.851. The van der Waals surface area contributed by atoms with E-state index < -0.39 is 0 Å². The first-order valence-electron chi connectivity index (χ1n) is 6.17. The van der Waals surface area contributed by atoms with E-state index in [1.807, 2.05) is 30.3 Å². The average Bonchev–Trinajstić information content (AvgIpc) is 2.91. The van der Waals surface area contributed by atoms with Crippen molar-refractivity contribution in [3.63, 3.8) is 0 Å². The van der Waals surface area contributed by atoms with Gasteiger partial charge in [0.05, 0.1) is 13.4 Å². The Balaban J connectivity index is 2.05. The Morgan fingerprint density at radius 3 is 2.67 bits per heavy atom. The molecule has 0 radical (unpaired) electrons. The molecule has 1 atom stereocenters. The summed E-state index contributed by atoms with van der Waals surface area (Å²) >= 11 is 0. The maximum absolute atomic E-state index is 5.85. The van der Waals surface area contributed by atoms with E-state index in [1.54, 1.807) is 13.4 Å². The van der Waals surface area contributed by atoms with Crippen LogP contribution < -0.4 is 10.5 Å². The van der Waals surface area contributed by atoms with E-state index >= 15 is 0 Å². The van der Waals surface area contributed by atoms with Gasteiger partial charge in [-0.3, -0.25) is 0 Å². The zero-order valence-corrected chi connectivity index (χ0v) is 10.6. The van der Waals surface area contributed by atoms with E-state index in [1.165, 1.54) is 5.56 Å². The van der Waals surface area contributed by atoms with Crippen molar-refractivity contribution in [3.05, 3.63) is 54.0 Å². The lowest BCUT2D eigenvalue weighted by molar-refractivity contribution is 0.398. The lowest BCUT2D eigenvalue weighted by Crippen LogP contribution is -2.19. The first kappa shape index (κ1) is 12.7. The van der Waals surface area contributed by atoms with Crippen LogP contribution in [0.15, 0.2) is 47.1 Å². The largest absolute Gasteiger partial charge is 0.496 e. The summed E-state index contributed by atoms with van der Waals surface area (Å²) in [5.74, 6) is 2.28. The predicted molar refractivity (Wildman–Crippen MR) is 71.7 cm³/mol. The number of rotatable bonds is 6. The van der Waals surface area contributed by atoms with Gasteiger partial charge in [0.15, 0.2) is 0 Å². The van der Waals surface area contributed by atoms with Gasteiger partial charge in [-0.1, -0.05) is 18.2 Å². The number of nitrogens with two attached hydrogens (primary N) is 1. The fourth-order valence-corrected chi connectivity index (χ4v) is 2.13. The van der Waals surface area contributed by atoms with E-state index in [0.29, 0.717) is 12.5 Å². The minimum Gasteiger partial charge on any atom is -0.496 e. The van der Waals surface area contributed by atoms with Crippen LogP contribution in [0.1, 0.15) is 11.3 Å². The van der Waals surface area contributed by atoms with Gasteiger partial charge in [0.1, 0.15) is 11.5 Å². The van der Waals surface area contributed by atoms with Crippen molar-refractivity contribution in [3.8, 4) is 5.75 Å². The highest BCUT2D eigenvalue weighted by atomic mass is 16.5. The lowest BCUT2D eigenvalue weighted by Gasteiger charge is -2.15. The Bertz CT molecular complexity index is 465. The van der Waals surface area contributed by atoms with Crippen LogP contribution in [0, 0.1) is 5.92 Å². The van der Waals surface area contributed by atoms with E-state index in [9.17, 15) is 0 Å². The molecule has 2 N–H and O–H groups in total. The molecule has 2 rings (SSSR count). The number of furan rings is 1. The summed E-state index contributed by atoms with van der Waals surface area (Å²) in [5, 5.41) is 0. The molecule has 1 unspecified atom stereocenters. The van der Waals surface area contributed by atoms with Gasteiger partial charge in [-0.15, -0.1) is 0 Å². The summed E-state index contributed by atoms with van der Waals surface area (Å²) < 4.78 is 10.7. The topological polar surface area (TPSA) is 48.4 Å². The third-order valence-electron chi connectivity index (χ3n) is 3.10. The van der Waals surface area contributed by atoms with Crippen molar-refractivity contribution in [2.45, 2.75) is 12.8 Å². The Morgan fingerprint density at radius 2 is 2.00 bits per heavy atom. The molecule has 0 aliphatic carbocycles. The SMILES string of the molecule is COc1ccccc1CC(CN)Cc1ccco1. The van der Waals surface area contributed by atoms with Crippen LogP contribution in [0.5, 0.6) is 5.75 Å². The number of hydrogen-bond donors (Lipinski definition) is 1. The Kier molecular flexibility index (Phi) is 4.42. The third kappa shape index (κ3) is 3.14. The van der Waals surface area contributed by atoms with Gasteiger partial charge >= 0.3 is 0 Å². The fraction of sp³-hybridized carbons (Fsp3) is 0.333. The summed E-state index contributed by atoms with van der Waals surface area (Å²) in [6.07, 6.45) is 3.47. The molecular formula is C15H19NO2. The van der Waals surface area contributed by atoms with E-state index in [2.05, 4.69) is 6.07 Å². The summed E-state index contributed by atoms with van der Waals surface area (Å²) in [6.45, 7) is 0.638. The summed E-state index contributed by atoms with van der Waals surface area (Å²) in [4.78, 5) is 0. The van der Waals surface area contributed by atoms with Gasteiger partial charge in [-0.2, -0.15) is 0 Å². The second-order valence-corrected chi connectivity index (χ2v) is 4.40. The number of benzene rings is 1. The lowest BCUT2D eigenvalue weighted by atomic mass is 9.95. The normalized spacial score (nSPS) is 12.3. The number of hydrogen-bond acceptors (Lipinski definition) is 3. The standard InChI is InChI=1S/C15H19NO2/c1-17-15-7-3-2-5-13(15)9-12(11-16)10-14-6-4-8-18-14/h2-8,12H,9-11,16H2,1H3. The molecule has 0 saturated heterocycles. The molecule has 1 aromatic carbocycles. The van der Waals surface area contributed by atoms with Crippen molar-refractivity contribution in [2.75, 3.05) is 13.7 Å². The smallest absolute Gasteiger partial charge is 0.122 e. The van der Waals surface area contributed by atoms with Crippen LogP contribution in [0.25, 0.3) is 0 Å². The Morgan fingerprint density at radius 1 is 1.17 bits per heavy atom. The highest BCUT2D eigenvalue weighted by Crippen LogP contribution is 2.22. The van der Waals surface area contributed by atoms with Gasteiger partial charge in [0.25, 0.3) is 0 Å². The molecule has 2 aromatic rings. The third-order valence-corrected chi connectivity index (χ3v) is 3.10. The summed E-state index contributed by atoms with van der Waals surface area (Å²) in [7, 11) is 1.70. The van der Waals surface area contributed by atoms with Crippen LogP contribution in [0.3, 0.4) is 0 Å². The molecule has 0 spiro atoms. The summed E-state index contributed by atoms with van der Waals surface area (Å²) in [5.41, 5.74) is 7.04. The Labute approximate surface area is 108 Å². The second-order valence-electron chi connectivity index (χ2n) is 4.40. The molecule has 3 nitrogen and oxygen atoms in total. The molecule has 96 valence electrons. The zero-order chi connectivity index (χ0) is 12.8. The number of para-hydroxylation sites is 1. The molecule has 1 aromatic heterocycles. The van der Waals surface area contributed by atoms with Crippen molar-refractivity contribution in [2.24, 2.45) is 11.7 Å². The highest BCUT2D eigenvalue weighted by Gasteiger charge is 2.13. The molecule has 18 heavy (non-hydrogen) atoms. The molecular weight excluding hydrogens is 226 g/mol. The monoisotopic (exact) mass is 245 g/mol. The number of ether oxygens (including phenoxy) is 1. The van der Waals surface area contributed by atoms with Crippen molar-refractivity contribution < 1.29 is 9.15 Å². The molecule has 3 heteroatoms. The molecule has 1 heterocycles. The second kappa shape index (κ2) is 6.26. The predicted octanol–water partition coefficient (Wildman–Crippen LogP) is 2.65.